The summed E-state index contributed by atoms with van der Waals surface area (Å²) in [6.45, 7) is 2.04. The molecule has 12 heavy (non-hydrogen) atoms. The molecular weight excluding hydrogens is 176 g/mol. The minimum absolute atomic E-state index is 0.127. The van der Waals surface area contributed by atoms with Gasteiger partial charge in [-0.15, -0.1) is 0 Å². The standard InChI is InChI=1S/C7H10N2O2S/c1-2-12(10,11)7-5-9-6(7)3-4-8/h3,7,9H,2,5H2,1H3. The molecule has 1 fully saturated rings. The first-order valence-corrected chi connectivity index (χ1v) is 5.38. The van der Waals surface area contributed by atoms with Crippen molar-refractivity contribution in [2.45, 2.75) is 12.2 Å². The van der Waals surface area contributed by atoms with E-state index in [2.05, 4.69) is 5.32 Å². The maximum Gasteiger partial charge on any atom is 0.160 e. The normalized spacial score (nSPS) is 25.7. The lowest BCUT2D eigenvalue weighted by Crippen LogP contribution is -2.49. The molecule has 5 heteroatoms. The highest BCUT2D eigenvalue weighted by atomic mass is 32.2. The topological polar surface area (TPSA) is 70.0 Å². The Morgan fingerprint density at radius 1 is 1.83 bits per heavy atom. The molecule has 0 radical (unpaired) electrons. The number of rotatable bonds is 2. The van der Waals surface area contributed by atoms with Crippen LogP contribution in [0.1, 0.15) is 6.92 Å². The first kappa shape index (κ1) is 9.07. The minimum atomic E-state index is -3.01. The minimum Gasteiger partial charge on any atom is -0.385 e. The highest BCUT2D eigenvalue weighted by molar-refractivity contribution is 7.92. The van der Waals surface area contributed by atoms with Crippen LogP contribution < -0.4 is 5.32 Å². The van der Waals surface area contributed by atoms with Crippen LogP contribution in [0.25, 0.3) is 0 Å². The van der Waals surface area contributed by atoms with Crippen molar-refractivity contribution >= 4 is 9.84 Å². The van der Waals surface area contributed by atoms with Crippen molar-refractivity contribution in [1.82, 2.24) is 5.32 Å². The lowest BCUT2D eigenvalue weighted by atomic mass is 10.2. The Morgan fingerprint density at radius 2 is 2.50 bits per heavy atom. The van der Waals surface area contributed by atoms with Crippen LogP contribution in [-0.2, 0) is 9.84 Å². The maximum absolute atomic E-state index is 11.3. The van der Waals surface area contributed by atoms with Crippen LogP contribution in [0.2, 0.25) is 0 Å². The third-order valence-electron chi connectivity index (χ3n) is 1.89. The summed E-state index contributed by atoms with van der Waals surface area (Å²) in [7, 11) is -3.01. The summed E-state index contributed by atoms with van der Waals surface area (Å²) in [6.07, 6.45) is 1.25. The van der Waals surface area contributed by atoms with Gasteiger partial charge in [0, 0.05) is 24.1 Å². The van der Waals surface area contributed by atoms with Gasteiger partial charge in [0.15, 0.2) is 9.84 Å². The van der Waals surface area contributed by atoms with E-state index >= 15 is 0 Å². The average Bonchev–Trinajstić information content (AvgIpc) is 1.97. The van der Waals surface area contributed by atoms with E-state index in [0.717, 1.165) is 0 Å². The second-order valence-electron chi connectivity index (χ2n) is 2.55. The van der Waals surface area contributed by atoms with Crippen molar-refractivity contribution in [3.05, 3.63) is 11.8 Å². The quantitative estimate of drug-likeness (QED) is 0.606. The predicted octanol–water partition coefficient (Wildman–Crippen LogP) is -0.200. The van der Waals surface area contributed by atoms with E-state index in [-0.39, 0.29) is 5.75 Å². The zero-order valence-electron chi connectivity index (χ0n) is 6.74. The van der Waals surface area contributed by atoms with Crippen molar-refractivity contribution in [1.29, 1.82) is 5.26 Å². The van der Waals surface area contributed by atoms with E-state index in [1.807, 2.05) is 0 Å². The fourth-order valence-corrected chi connectivity index (χ4v) is 2.32. The van der Waals surface area contributed by atoms with Crippen LogP contribution in [0.15, 0.2) is 11.8 Å². The molecule has 0 saturated carbocycles. The Morgan fingerprint density at radius 3 is 2.83 bits per heavy atom. The Labute approximate surface area is 71.8 Å². The van der Waals surface area contributed by atoms with Crippen LogP contribution in [0.5, 0.6) is 0 Å². The van der Waals surface area contributed by atoms with E-state index in [1.165, 1.54) is 6.08 Å². The number of hydrogen-bond donors (Lipinski definition) is 1. The fourth-order valence-electron chi connectivity index (χ4n) is 1.04. The third kappa shape index (κ3) is 1.43. The van der Waals surface area contributed by atoms with Crippen molar-refractivity contribution < 1.29 is 8.42 Å². The Hall–Kier alpha value is -1.02. The summed E-state index contributed by atoms with van der Waals surface area (Å²) >= 11 is 0. The van der Waals surface area contributed by atoms with Gasteiger partial charge < -0.3 is 5.32 Å². The summed E-state index contributed by atoms with van der Waals surface area (Å²) in [4.78, 5) is 0. The molecule has 0 spiro atoms. The number of sulfone groups is 1. The van der Waals surface area contributed by atoms with E-state index < -0.39 is 15.1 Å². The summed E-state index contributed by atoms with van der Waals surface area (Å²) in [6, 6.07) is 1.81. The van der Waals surface area contributed by atoms with Gasteiger partial charge >= 0.3 is 0 Å². The molecule has 1 atom stereocenters. The van der Waals surface area contributed by atoms with Crippen molar-refractivity contribution in [3.63, 3.8) is 0 Å². The highest BCUT2D eigenvalue weighted by Crippen LogP contribution is 2.17. The van der Waals surface area contributed by atoms with E-state index in [1.54, 1.807) is 13.0 Å². The molecule has 1 unspecified atom stereocenters. The van der Waals surface area contributed by atoms with Gasteiger partial charge in [0.1, 0.15) is 5.25 Å². The SMILES string of the molecule is CCS(=O)(=O)C1CNC1=CC#N. The molecule has 0 amide bonds. The highest BCUT2D eigenvalue weighted by Gasteiger charge is 2.34. The second kappa shape index (κ2) is 3.15. The van der Waals surface area contributed by atoms with Crippen LogP contribution >= 0.6 is 0 Å². The molecule has 0 aromatic rings. The molecule has 1 aliphatic rings. The Bertz CT molecular complexity index is 337. The monoisotopic (exact) mass is 186 g/mol. The van der Waals surface area contributed by atoms with E-state index in [4.69, 9.17) is 5.26 Å². The van der Waals surface area contributed by atoms with Gasteiger partial charge in [-0.3, -0.25) is 0 Å². The number of hydrogen-bond acceptors (Lipinski definition) is 4. The van der Waals surface area contributed by atoms with E-state index in [0.29, 0.717) is 12.2 Å². The maximum atomic E-state index is 11.3. The summed E-state index contributed by atoms with van der Waals surface area (Å²) in [5.41, 5.74) is 0.527. The molecule has 66 valence electrons. The van der Waals surface area contributed by atoms with Crippen molar-refractivity contribution in [2.75, 3.05) is 12.3 Å². The number of nitrogens with one attached hydrogen (secondary N) is 1. The molecule has 1 rings (SSSR count). The first-order chi connectivity index (χ1) is 5.61. The Kier molecular flexibility index (Phi) is 2.38. The molecule has 1 saturated heterocycles. The molecule has 1 aliphatic heterocycles. The molecular formula is C7H10N2O2S. The first-order valence-electron chi connectivity index (χ1n) is 3.67. The molecule has 1 heterocycles. The van der Waals surface area contributed by atoms with Gasteiger partial charge in [-0.1, -0.05) is 6.92 Å². The second-order valence-corrected chi connectivity index (χ2v) is 5.02. The van der Waals surface area contributed by atoms with Gasteiger partial charge in [-0.05, 0) is 0 Å². The molecule has 1 N–H and O–H groups in total. The van der Waals surface area contributed by atoms with Crippen LogP contribution in [-0.4, -0.2) is 26.0 Å². The average molecular weight is 186 g/mol. The number of nitriles is 1. The molecule has 0 bridgehead atoms. The van der Waals surface area contributed by atoms with Crippen LogP contribution in [0, 0.1) is 11.3 Å². The van der Waals surface area contributed by atoms with Crippen LogP contribution in [0.4, 0.5) is 0 Å². The van der Waals surface area contributed by atoms with E-state index in [9.17, 15) is 8.42 Å². The predicted molar refractivity (Wildman–Crippen MR) is 44.9 cm³/mol. The molecule has 0 aromatic carbocycles. The summed E-state index contributed by atoms with van der Waals surface area (Å²) in [5.74, 6) is 0.127. The largest absolute Gasteiger partial charge is 0.385 e. The molecule has 4 nitrogen and oxygen atoms in total. The summed E-state index contributed by atoms with van der Waals surface area (Å²) in [5, 5.41) is 10.6. The van der Waals surface area contributed by atoms with Crippen LogP contribution in [0.3, 0.4) is 0 Å². The lowest BCUT2D eigenvalue weighted by Gasteiger charge is -2.30. The van der Waals surface area contributed by atoms with Gasteiger partial charge in [-0.2, -0.15) is 5.26 Å². The zero-order chi connectivity index (χ0) is 9.19. The fraction of sp³-hybridized carbons (Fsp3) is 0.571. The molecule has 0 aromatic heterocycles. The van der Waals surface area contributed by atoms with Crippen molar-refractivity contribution in [3.8, 4) is 6.07 Å². The summed E-state index contributed by atoms with van der Waals surface area (Å²) < 4.78 is 22.6. The Balaban J connectivity index is 2.82. The van der Waals surface area contributed by atoms with Gasteiger partial charge in [-0.25, -0.2) is 8.42 Å². The third-order valence-corrected chi connectivity index (χ3v) is 3.99. The number of allylic oxidation sites excluding steroid dienone is 1. The lowest BCUT2D eigenvalue weighted by molar-refractivity contribution is 0.551. The zero-order valence-corrected chi connectivity index (χ0v) is 7.56. The smallest absolute Gasteiger partial charge is 0.160 e. The van der Waals surface area contributed by atoms with Gasteiger partial charge in [0.2, 0.25) is 0 Å². The molecule has 0 aliphatic carbocycles. The van der Waals surface area contributed by atoms with Crippen molar-refractivity contribution in [2.24, 2.45) is 0 Å². The van der Waals surface area contributed by atoms with Gasteiger partial charge in [0.05, 0.1) is 6.07 Å². The number of nitrogens with zero attached hydrogens (tertiary/aromatic N) is 1. The van der Waals surface area contributed by atoms with Gasteiger partial charge in [0.25, 0.3) is 0 Å².